The number of carbonyl (C=O) groups is 1. The van der Waals surface area contributed by atoms with Gasteiger partial charge in [0.05, 0.1) is 5.69 Å². The minimum atomic E-state index is -1.34. The Bertz CT molecular complexity index is 614. The number of rotatable bonds is 4. The third-order valence-electron chi connectivity index (χ3n) is 2.82. The molecule has 2 aromatic rings. The van der Waals surface area contributed by atoms with Gasteiger partial charge in [-0.05, 0) is 47.1 Å². The summed E-state index contributed by atoms with van der Waals surface area (Å²) in [4.78, 5) is 11.7. The monoisotopic (exact) mass is 326 g/mol. The fourth-order valence-electron chi connectivity index (χ4n) is 1.66. The van der Waals surface area contributed by atoms with Gasteiger partial charge in [0.15, 0.2) is 10.2 Å². The zero-order valence-electron chi connectivity index (χ0n) is 10.1. The standard InChI is InChI=1S/C13H12BrFN2O2/c1-13(12(16)18,10-6-7-11(14)19-10)17-9-5-3-2-4-8(9)15/h2-7,17H,1H3,(H2,16,18). The molecule has 1 atom stereocenters. The number of amides is 1. The predicted molar refractivity (Wildman–Crippen MR) is 73.0 cm³/mol. The molecule has 0 saturated carbocycles. The molecule has 100 valence electrons. The van der Waals surface area contributed by atoms with Gasteiger partial charge >= 0.3 is 0 Å². The van der Waals surface area contributed by atoms with Crippen LogP contribution in [0.5, 0.6) is 0 Å². The highest BCUT2D eigenvalue weighted by Crippen LogP contribution is 2.30. The summed E-state index contributed by atoms with van der Waals surface area (Å²) in [5.41, 5.74) is 4.25. The van der Waals surface area contributed by atoms with Gasteiger partial charge in [-0.15, -0.1) is 0 Å². The molecule has 0 aliphatic heterocycles. The Morgan fingerprint density at radius 2 is 2.05 bits per heavy atom. The van der Waals surface area contributed by atoms with Crippen molar-refractivity contribution in [3.63, 3.8) is 0 Å². The van der Waals surface area contributed by atoms with Crippen LogP contribution in [0.3, 0.4) is 0 Å². The van der Waals surface area contributed by atoms with Crippen molar-refractivity contribution in [2.75, 3.05) is 5.32 Å². The Hall–Kier alpha value is -1.82. The number of para-hydroxylation sites is 1. The van der Waals surface area contributed by atoms with Crippen LogP contribution in [0.4, 0.5) is 10.1 Å². The summed E-state index contributed by atoms with van der Waals surface area (Å²) in [6.07, 6.45) is 0. The zero-order valence-corrected chi connectivity index (χ0v) is 11.7. The highest BCUT2D eigenvalue weighted by Gasteiger charge is 2.37. The maximum atomic E-state index is 13.6. The van der Waals surface area contributed by atoms with Crippen LogP contribution in [-0.2, 0) is 10.3 Å². The summed E-state index contributed by atoms with van der Waals surface area (Å²) in [7, 11) is 0. The molecule has 0 spiro atoms. The molecule has 19 heavy (non-hydrogen) atoms. The van der Waals surface area contributed by atoms with Crippen LogP contribution < -0.4 is 11.1 Å². The quantitative estimate of drug-likeness (QED) is 0.907. The molecule has 6 heteroatoms. The highest BCUT2D eigenvalue weighted by atomic mass is 79.9. The second-order valence-electron chi connectivity index (χ2n) is 4.20. The average molecular weight is 327 g/mol. The van der Waals surface area contributed by atoms with Gasteiger partial charge in [0.25, 0.3) is 5.91 Å². The van der Waals surface area contributed by atoms with Gasteiger partial charge in [0.1, 0.15) is 11.6 Å². The molecular formula is C13H12BrFN2O2. The molecule has 0 radical (unpaired) electrons. The van der Waals surface area contributed by atoms with Crippen LogP contribution in [0.25, 0.3) is 0 Å². The molecular weight excluding hydrogens is 315 g/mol. The first-order chi connectivity index (χ1) is 8.93. The van der Waals surface area contributed by atoms with Crippen molar-refractivity contribution in [3.05, 3.63) is 52.6 Å². The van der Waals surface area contributed by atoms with Gasteiger partial charge in [-0.1, -0.05) is 12.1 Å². The lowest BCUT2D eigenvalue weighted by atomic mass is 9.97. The fourth-order valence-corrected chi connectivity index (χ4v) is 1.97. The second kappa shape index (κ2) is 5.05. The number of primary amides is 1. The summed E-state index contributed by atoms with van der Waals surface area (Å²) >= 11 is 3.15. The Labute approximate surface area is 117 Å². The summed E-state index contributed by atoms with van der Waals surface area (Å²) in [5.74, 6) is -0.840. The summed E-state index contributed by atoms with van der Waals surface area (Å²) < 4.78 is 19.5. The van der Waals surface area contributed by atoms with Crippen LogP contribution in [0, 0.1) is 5.82 Å². The molecule has 3 N–H and O–H groups in total. The molecule has 4 nitrogen and oxygen atoms in total. The number of nitrogens with one attached hydrogen (secondary N) is 1. The number of halogens is 2. The fraction of sp³-hybridized carbons (Fsp3) is 0.154. The Kier molecular flexibility index (Phi) is 3.61. The van der Waals surface area contributed by atoms with Gasteiger partial charge < -0.3 is 15.5 Å². The third-order valence-corrected chi connectivity index (χ3v) is 3.24. The van der Waals surface area contributed by atoms with Gasteiger partial charge in [-0.25, -0.2) is 4.39 Å². The van der Waals surface area contributed by atoms with Crippen molar-refractivity contribution in [1.82, 2.24) is 0 Å². The van der Waals surface area contributed by atoms with E-state index in [-0.39, 0.29) is 5.69 Å². The van der Waals surface area contributed by atoms with Gasteiger partial charge in [-0.3, -0.25) is 4.79 Å². The molecule has 0 saturated heterocycles. The highest BCUT2D eigenvalue weighted by molar-refractivity contribution is 9.10. The molecule has 1 heterocycles. The SMILES string of the molecule is CC(Nc1ccccc1F)(C(N)=O)c1ccc(Br)o1. The van der Waals surface area contributed by atoms with Gasteiger partial charge in [-0.2, -0.15) is 0 Å². The van der Waals surface area contributed by atoms with Gasteiger partial charge in [0.2, 0.25) is 0 Å². The van der Waals surface area contributed by atoms with E-state index in [1.807, 2.05) is 0 Å². The molecule has 0 aliphatic carbocycles. The summed E-state index contributed by atoms with van der Waals surface area (Å²) in [6, 6.07) is 9.27. The maximum Gasteiger partial charge on any atom is 0.250 e. The molecule has 1 aromatic carbocycles. The number of carbonyl (C=O) groups excluding carboxylic acids is 1. The topological polar surface area (TPSA) is 68.3 Å². The first-order valence-corrected chi connectivity index (χ1v) is 6.31. The number of nitrogens with two attached hydrogens (primary N) is 1. The van der Waals surface area contributed by atoms with E-state index in [2.05, 4.69) is 21.2 Å². The minimum Gasteiger partial charge on any atom is -0.451 e. The first kappa shape index (κ1) is 13.6. The smallest absolute Gasteiger partial charge is 0.250 e. The van der Waals surface area contributed by atoms with Crippen LogP contribution in [0.1, 0.15) is 12.7 Å². The molecule has 0 fully saturated rings. The van der Waals surface area contributed by atoms with E-state index in [0.29, 0.717) is 10.4 Å². The van der Waals surface area contributed by atoms with E-state index >= 15 is 0 Å². The van der Waals surface area contributed by atoms with E-state index in [0.717, 1.165) is 0 Å². The van der Waals surface area contributed by atoms with Crippen LogP contribution >= 0.6 is 15.9 Å². The van der Waals surface area contributed by atoms with E-state index in [9.17, 15) is 9.18 Å². The van der Waals surface area contributed by atoms with Crippen LogP contribution in [0.15, 0.2) is 45.5 Å². The molecule has 2 rings (SSSR count). The van der Waals surface area contributed by atoms with E-state index in [1.165, 1.54) is 19.1 Å². The number of furan rings is 1. The van der Waals surface area contributed by atoms with Crippen molar-refractivity contribution >= 4 is 27.5 Å². The summed E-state index contributed by atoms with van der Waals surface area (Å²) in [6.45, 7) is 1.53. The number of hydrogen-bond donors (Lipinski definition) is 2. The number of hydrogen-bond acceptors (Lipinski definition) is 3. The molecule has 0 aliphatic rings. The predicted octanol–water partition coefficient (Wildman–Crippen LogP) is 2.99. The molecule has 1 aromatic heterocycles. The van der Waals surface area contributed by atoms with Crippen molar-refractivity contribution < 1.29 is 13.6 Å². The maximum absolute atomic E-state index is 13.6. The van der Waals surface area contributed by atoms with Gasteiger partial charge in [0, 0.05) is 0 Å². The number of benzene rings is 1. The Balaban J connectivity index is 2.41. The lowest BCUT2D eigenvalue weighted by Gasteiger charge is -2.26. The molecule has 1 amide bonds. The van der Waals surface area contributed by atoms with Crippen molar-refractivity contribution in [2.45, 2.75) is 12.5 Å². The van der Waals surface area contributed by atoms with E-state index in [4.69, 9.17) is 10.2 Å². The average Bonchev–Trinajstić information content (AvgIpc) is 2.79. The lowest BCUT2D eigenvalue weighted by Crippen LogP contribution is -2.45. The number of anilines is 1. The first-order valence-electron chi connectivity index (χ1n) is 5.52. The van der Waals surface area contributed by atoms with Crippen LogP contribution in [0.2, 0.25) is 0 Å². The Morgan fingerprint density at radius 1 is 1.37 bits per heavy atom. The normalized spacial score (nSPS) is 13.8. The lowest BCUT2D eigenvalue weighted by molar-refractivity contribution is -0.122. The second-order valence-corrected chi connectivity index (χ2v) is 4.98. The van der Waals surface area contributed by atoms with Crippen molar-refractivity contribution in [3.8, 4) is 0 Å². The van der Waals surface area contributed by atoms with E-state index in [1.54, 1.807) is 24.3 Å². The van der Waals surface area contributed by atoms with E-state index < -0.39 is 17.3 Å². The Morgan fingerprint density at radius 3 is 2.58 bits per heavy atom. The minimum absolute atomic E-state index is 0.177. The summed E-state index contributed by atoms with van der Waals surface area (Å²) in [5, 5.41) is 2.79. The third kappa shape index (κ3) is 2.63. The zero-order chi connectivity index (χ0) is 14.0. The molecule has 1 unspecified atom stereocenters. The van der Waals surface area contributed by atoms with Crippen molar-refractivity contribution in [1.29, 1.82) is 0 Å². The van der Waals surface area contributed by atoms with Crippen molar-refractivity contribution in [2.24, 2.45) is 5.73 Å². The van der Waals surface area contributed by atoms with Crippen LogP contribution in [-0.4, -0.2) is 5.91 Å². The largest absolute Gasteiger partial charge is 0.451 e. The molecule has 0 bridgehead atoms.